The molecule has 0 saturated carbocycles. The number of aryl methyl sites for hydroxylation is 3. The lowest BCUT2D eigenvalue weighted by Gasteiger charge is -2.20. The van der Waals surface area contributed by atoms with Crippen LogP contribution >= 0.6 is 0 Å². The Labute approximate surface area is 142 Å². The van der Waals surface area contributed by atoms with Crippen molar-refractivity contribution in [3.8, 4) is 0 Å². The highest BCUT2D eigenvalue weighted by Gasteiger charge is 2.32. The molecular weight excluding hydrogens is 302 g/mol. The lowest BCUT2D eigenvalue weighted by Crippen LogP contribution is -2.47. The highest BCUT2D eigenvalue weighted by Crippen LogP contribution is 2.16. The summed E-state index contributed by atoms with van der Waals surface area (Å²) >= 11 is 0. The average Bonchev–Trinajstić information content (AvgIpc) is 2.99. The van der Waals surface area contributed by atoms with Crippen molar-refractivity contribution in [1.82, 2.24) is 16.4 Å². The Morgan fingerprint density at radius 3 is 2.54 bits per heavy atom. The molecule has 1 saturated heterocycles. The molecule has 24 heavy (non-hydrogen) atoms. The Morgan fingerprint density at radius 2 is 1.79 bits per heavy atom. The van der Waals surface area contributed by atoms with Gasteiger partial charge in [0.15, 0.2) is 0 Å². The van der Waals surface area contributed by atoms with Gasteiger partial charge < -0.3 is 10.6 Å². The quantitative estimate of drug-likeness (QED) is 0.594. The van der Waals surface area contributed by atoms with Crippen molar-refractivity contribution in [3.05, 3.63) is 59.2 Å². The van der Waals surface area contributed by atoms with Crippen LogP contribution in [0.4, 0.5) is 11.4 Å². The molecule has 6 heteroatoms. The van der Waals surface area contributed by atoms with E-state index in [1.165, 1.54) is 11.1 Å². The summed E-state index contributed by atoms with van der Waals surface area (Å²) in [5, 5.41) is 6.28. The minimum Gasteiger partial charge on any atom is -0.367 e. The maximum atomic E-state index is 12.6. The number of rotatable bonds is 4. The van der Waals surface area contributed by atoms with Crippen LogP contribution in [0, 0.1) is 20.8 Å². The molecule has 1 aliphatic rings. The fraction of sp³-hybridized carbons (Fsp3) is 0.278. The van der Waals surface area contributed by atoms with Gasteiger partial charge in [-0.15, -0.1) is 0 Å². The molecule has 0 bridgehead atoms. The van der Waals surface area contributed by atoms with Crippen molar-refractivity contribution >= 4 is 17.3 Å². The van der Waals surface area contributed by atoms with Gasteiger partial charge >= 0.3 is 0 Å². The highest BCUT2D eigenvalue weighted by molar-refractivity contribution is 5.95. The monoisotopic (exact) mass is 325 g/mol. The SMILES string of the molecule is Cc1cccc(NC(=O)C2NNNC2Nc2ccc(C)c(C)c2)c1. The number of benzene rings is 2. The zero-order chi connectivity index (χ0) is 17.1. The van der Waals surface area contributed by atoms with Crippen LogP contribution < -0.4 is 27.0 Å². The van der Waals surface area contributed by atoms with E-state index in [4.69, 9.17) is 0 Å². The smallest absolute Gasteiger partial charge is 0.246 e. The van der Waals surface area contributed by atoms with Crippen molar-refractivity contribution < 1.29 is 4.79 Å². The first-order valence-electron chi connectivity index (χ1n) is 8.00. The van der Waals surface area contributed by atoms with Crippen LogP contribution in [-0.4, -0.2) is 18.1 Å². The highest BCUT2D eigenvalue weighted by atomic mass is 16.2. The fourth-order valence-corrected chi connectivity index (χ4v) is 2.65. The minimum absolute atomic E-state index is 0.112. The molecule has 1 heterocycles. The van der Waals surface area contributed by atoms with Gasteiger partial charge in [-0.05, 0) is 61.7 Å². The second kappa shape index (κ2) is 7.00. The maximum Gasteiger partial charge on any atom is 0.246 e. The molecule has 2 aromatic rings. The van der Waals surface area contributed by atoms with Crippen LogP contribution in [0.25, 0.3) is 0 Å². The molecule has 126 valence electrons. The number of carbonyl (C=O) groups is 1. The van der Waals surface area contributed by atoms with E-state index in [0.717, 1.165) is 16.9 Å². The summed E-state index contributed by atoms with van der Waals surface area (Å²) in [6.07, 6.45) is -0.267. The largest absolute Gasteiger partial charge is 0.367 e. The molecule has 1 aliphatic heterocycles. The molecule has 0 aromatic heterocycles. The number of hydrogen-bond acceptors (Lipinski definition) is 5. The number of amides is 1. The van der Waals surface area contributed by atoms with E-state index in [-0.39, 0.29) is 12.1 Å². The Balaban J connectivity index is 1.68. The van der Waals surface area contributed by atoms with Gasteiger partial charge in [-0.1, -0.05) is 18.2 Å². The summed E-state index contributed by atoms with van der Waals surface area (Å²) in [4.78, 5) is 12.6. The maximum absolute atomic E-state index is 12.6. The first kappa shape index (κ1) is 16.4. The minimum atomic E-state index is -0.452. The van der Waals surface area contributed by atoms with Crippen molar-refractivity contribution in [1.29, 1.82) is 0 Å². The molecular formula is C18H23N5O. The predicted octanol–water partition coefficient (Wildman–Crippen LogP) is 1.97. The van der Waals surface area contributed by atoms with Crippen LogP contribution in [0.3, 0.4) is 0 Å². The Hall–Kier alpha value is -2.41. The second-order valence-electron chi connectivity index (χ2n) is 6.17. The molecule has 2 atom stereocenters. The fourth-order valence-electron chi connectivity index (χ4n) is 2.65. The van der Waals surface area contributed by atoms with E-state index in [1.807, 2.05) is 37.3 Å². The van der Waals surface area contributed by atoms with E-state index in [2.05, 4.69) is 53.0 Å². The summed E-state index contributed by atoms with van der Waals surface area (Å²) in [5.41, 5.74) is 14.1. The van der Waals surface area contributed by atoms with Crippen LogP contribution in [0.1, 0.15) is 16.7 Å². The molecule has 6 nitrogen and oxygen atoms in total. The summed E-state index contributed by atoms with van der Waals surface area (Å²) in [6.45, 7) is 6.14. The standard InChI is InChI=1S/C18H23N5O/c1-11-5-4-6-14(9-11)20-18(24)16-17(22-23-21-16)19-15-8-7-12(2)13(3)10-15/h4-10,16-17,19,21-23H,1-3H3,(H,20,24). The van der Waals surface area contributed by atoms with Gasteiger partial charge in [0, 0.05) is 11.4 Å². The zero-order valence-corrected chi connectivity index (χ0v) is 14.1. The number of anilines is 2. The van der Waals surface area contributed by atoms with Gasteiger partial charge in [0.1, 0.15) is 12.2 Å². The van der Waals surface area contributed by atoms with Gasteiger partial charge in [0.25, 0.3) is 0 Å². The summed E-state index contributed by atoms with van der Waals surface area (Å²) in [7, 11) is 0. The number of hydrogen-bond donors (Lipinski definition) is 5. The van der Waals surface area contributed by atoms with Gasteiger partial charge in [-0.25, -0.2) is 10.9 Å². The lowest BCUT2D eigenvalue weighted by molar-refractivity contribution is -0.118. The van der Waals surface area contributed by atoms with Gasteiger partial charge in [-0.2, -0.15) is 5.53 Å². The summed E-state index contributed by atoms with van der Waals surface area (Å²) in [5.74, 6) is -0.112. The molecule has 2 unspecified atom stereocenters. The van der Waals surface area contributed by atoms with E-state index < -0.39 is 6.04 Å². The van der Waals surface area contributed by atoms with Crippen molar-refractivity contribution in [2.45, 2.75) is 33.0 Å². The van der Waals surface area contributed by atoms with Crippen LogP contribution in [0.5, 0.6) is 0 Å². The van der Waals surface area contributed by atoms with Crippen molar-refractivity contribution in [2.24, 2.45) is 0 Å². The first-order valence-corrected chi connectivity index (χ1v) is 8.00. The molecule has 3 rings (SSSR count). The van der Waals surface area contributed by atoms with E-state index in [9.17, 15) is 4.79 Å². The summed E-state index contributed by atoms with van der Waals surface area (Å²) < 4.78 is 0. The molecule has 2 aromatic carbocycles. The topological polar surface area (TPSA) is 77.2 Å². The van der Waals surface area contributed by atoms with Crippen molar-refractivity contribution in [3.63, 3.8) is 0 Å². The number of hydrazine groups is 2. The predicted molar refractivity (Wildman–Crippen MR) is 96.3 cm³/mol. The molecule has 0 radical (unpaired) electrons. The van der Waals surface area contributed by atoms with Gasteiger partial charge in [-0.3, -0.25) is 4.79 Å². The van der Waals surface area contributed by atoms with E-state index in [0.29, 0.717) is 0 Å². The second-order valence-corrected chi connectivity index (χ2v) is 6.17. The van der Waals surface area contributed by atoms with E-state index >= 15 is 0 Å². The first-order chi connectivity index (χ1) is 11.5. The molecule has 1 amide bonds. The summed E-state index contributed by atoms with van der Waals surface area (Å²) in [6, 6.07) is 13.4. The lowest BCUT2D eigenvalue weighted by atomic mass is 10.1. The Morgan fingerprint density at radius 1 is 0.958 bits per heavy atom. The third-order valence-corrected chi connectivity index (χ3v) is 4.19. The average molecular weight is 325 g/mol. The third kappa shape index (κ3) is 3.73. The van der Waals surface area contributed by atoms with Gasteiger partial charge in [0.05, 0.1) is 0 Å². The number of carbonyl (C=O) groups excluding carboxylic acids is 1. The molecule has 1 fully saturated rings. The normalized spacial score (nSPS) is 20.0. The Bertz CT molecular complexity index is 746. The van der Waals surface area contributed by atoms with Gasteiger partial charge in [0.2, 0.25) is 5.91 Å². The molecule has 0 spiro atoms. The third-order valence-electron chi connectivity index (χ3n) is 4.19. The number of nitrogens with one attached hydrogen (secondary N) is 5. The van der Waals surface area contributed by atoms with Crippen LogP contribution in [0.2, 0.25) is 0 Å². The van der Waals surface area contributed by atoms with Crippen LogP contribution in [-0.2, 0) is 4.79 Å². The Kier molecular flexibility index (Phi) is 4.80. The van der Waals surface area contributed by atoms with Crippen LogP contribution in [0.15, 0.2) is 42.5 Å². The van der Waals surface area contributed by atoms with E-state index in [1.54, 1.807) is 0 Å². The van der Waals surface area contributed by atoms with Crippen molar-refractivity contribution in [2.75, 3.05) is 10.6 Å². The molecule has 0 aliphatic carbocycles. The molecule has 5 N–H and O–H groups in total. The zero-order valence-electron chi connectivity index (χ0n) is 14.1.